The molecule has 2 aromatic rings. The summed E-state index contributed by atoms with van der Waals surface area (Å²) in [6.45, 7) is 5.50. The molecular formula is C22H26N2O3. The van der Waals surface area contributed by atoms with E-state index in [1.165, 1.54) is 11.1 Å². The van der Waals surface area contributed by atoms with Crippen molar-refractivity contribution < 1.29 is 14.3 Å². The highest BCUT2D eigenvalue weighted by atomic mass is 16.5. The van der Waals surface area contributed by atoms with E-state index in [9.17, 15) is 4.79 Å². The van der Waals surface area contributed by atoms with Crippen LogP contribution < -0.4 is 10.1 Å². The highest BCUT2D eigenvalue weighted by molar-refractivity contribution is 5.92. The first kappa shape index (κ1) is 18.0. The summed E-state index contributed by atoms with van der Waals surface area (Å²) in [5.41, 5.74) is 4.36. The van der Waals surface area contributed by atoms with E-state index in [2.05, 4.69) is 28.4 Å². The molecule has 0 aromatic heterocycles. The summed E-state index contributed by atoms with van der Waals surface area (Å²) in [4.78, 5) is 14.8. The second kappa shape index (κ2) is 8.55. The van der Waals surface area contributed by atoms with Gasteiger partial charge in [-0.1, -0.05) is 24.3 Å². The first-order chi connectivity index (χ1) is 13.3. The lowest BCUT2D eigenvalue weighted by Gasteiger charge is -2.26. The maximum atomic E-state index is 12.3. The van der Waals surface area contributed by atoms with Gasteiger partial charge in [0.05, 0.1) is 26.2 Å². The summed E-state index contributed by atoms with van der Waals surface area (Å²) in [7, 11) is 0. The Hall–Kier alpha value is -2.37. The number of carbonyl (C=O) groups is 1. The van der Waals surface area contributed by atoms with Gasteiger partial charge in [0.1, 0.15) is 5.75 Å². The number of fused-ring (bicyclic) bond motifs is 1. The van der Waals surface area contributed by atoms with Gasteiger partial charge in [-0.2, -0.15) is 0 Å². The van der Waals surface area contributed by atoms with E-state index >= 15 is 0 Å². The van der Waals surface area contributed by atoms with Crippen LogP contribution in [0.2, 0.25) is 0 Å². The maximum absolute atomic E-state index is 12.3. The summed E-state index contributed by atoms with van der Waals surface area (Å²) >= 11 is 0. The summed E-state index contributed by atoms with van der Waals surface area (Å²) < 4.78 is 10.9. The van der Waals surface area contributed by atoms with Gasteiger partial charge in [-0.05, 0) is 41.3 Å². The second-order valence-corrected chi connectivity index (χ2v) is 7.17. The normalized spacial score (nSPS) is 16.6. The molecule has 0 aliphatic carbocycles. The largest absolute Gasteiger partial charge is 0.493 e. The van der Waals surface area contributed by atoms with Gasteiger partial charge in [-0.25, -0.2) is 0 Å². The van der Waals surface area contributed by atoms with E-state index < -0.39 is 0 Å². The zero-order valence-electron chi connectivity index (χ0n) is 15.6. The quantitative estimate of drug-likeness (QED) is 0.854. The Labute approximate surface area is 160 Å². The Bertz CT molecular complexity index is 783. The molecule has 1 fully saturated rings. The topological polar surface area (TPSA) is 50.8 Å². The third-order valence-electron chi connectivity index (χ3n) is 5.18. The Kier molecular flexibility index (Phi) is 5.70. The highest BCUT2D eigenvalue weighted by Crippen LogP contribution is 2.26. The third kappa shape index (κ3) is 4.87. The van der Waals surface area contributed by atoms with E-state index in [1.807, 2.05) is 24.3 Å². The minimum absolute atomic E-state index is 0.00920. The number of rotatable bonds is 6. The van der Waals surface area contributed by atoms with Crippen LogP contribution in [-0.4, -0.2) is 50.3 Å². The fourth-order valence-corrected chi connectivity index (χ4v) is 3.61. The predicted octanol–water partition coefficient (Wildman–Crippen LogP) is 2.68. The van der Waals surface area contributed by atoms with E-state index in [-0.39, 0.29) is 5.91 Å². The molecule has 2 aliphatic rings. The van der Waals surface area contributed by atoms with E-state index in [1.54, 1.807) is 0 Å². The lowest BCUT2D eigenvalue weighted by atomic mass is 10.1. The van der Waals surface area contributed by atoms with Gasteiger partial charge < -0.3 is 14.8 Å². The van der Waals surface area contributed by atoms with Crippen molar-refractivity contribution in [2.45, 2.75) is 19.3 Å². The molecule has 0 bridgehead atoms. The van der Waals surface area contributed by atoms with E-state index in [0.29, 0.717) is 6.42 Å². The van der Waals surface area contributed by atoms with Crippen LogP contribution in [0.15, 0.2) is 42.5 Å². The fraction of sp³-hybridized carbons (Fsp3) is 0.409. The van der Waals surface area contributed by atoms with Crippen molar-refractivity contribution in [3.8, 4) is 5.75 Å². The summed E-state index contributed by atoms with van der Waals surface area (Å²) in [6, 6.07) is 14.2. The number of benzene rings is 2. The van der Waals surface area contributed by atoms with Gasteiger partial charge in [0.25, 0.3) is 0 Å². The first-order valence-corrected chi connectivity index (χ1v) is 9.70. The zero-order valence-corrected chi connectivity index (χ0v) is 15.6. The third-order valence-corrected chi connectivity index (χ3v) is 5.18. The van der Waals surface area contributed by atoms with Crippen molar-refractivity contribution in [2.24, 2.45) is 0 Å². The number of hydrogen-bond acceptors (Lipinski definition) is 4. The average molecular weight is 366 g/mol. The molecular weight excluding hydrogens is 340 g/mol. The lowest BCUT2D eigenvalue weighted by Crippen LogP contribution is -2.37. The molecule has 1 saturated heterocycles. The standard InChI is InChI=1S/C22H26N2O3/c25-22(16-18-3-6-21-19(15-18)8-12-27-21)23-20-4-1-17(2-5-20)7-9-24-10-13-26-14-11-24/h1-6,15H,7-14,16H2,(H,23,25). The molecule has 0 saturated carbocycles. The van der Waals surface area contributed by atoms with Crippen LogP contribution in [0.4, 0.5) is 5.69 Å². The van der Waals surface area contributed by atoms with Crippen LogP contribution in [0.25, 0.3) is 0 Å². The number of hydrogen-bond donors (Lipinski definition) is 1. The monoisotopic (exact) mass is 366 g/mol. The van der Waals surface area contributed by atoms with Crippen molar-refractivity contribution in [3.05, 3.63) is 59.2 Å². The van der Waals surface area contributed by atoms with Gasteiger partial charge in [0.2, 0.25) is 5.91 Å². The Morgan fingerprint density at radius 1 is 1.00 bits per heavy atom. The maximum Gasteiger partial charge on any atom is 0.228 e. The number of anilines is 1. The number of nitrogens with one attached hydrogen (secondary N) is 1. The van der Waals surface area contributed by atoms with Gasteiger partial charge in [0, 0.05) is 31.7 Å². The summed E-state index contributed by atoms with van der Waals surface area (Å²) in [5.74, 6) is 0.960. The number of carbonyl (C=O) groups excluding carboxylic acids is 1. The highest BCUT2D eigenvalue weighted by Gasteiger charge is 2.13. The average Bonchev–Trinajstić information content (AvgIpc) is 3.16. The van der Waals surface area contributed by atoms with Crippen molar-refractivity contribution in [3.63, 3.8) is 0 Å². The number of amides is 1. The van der Waals surface area contributed by atoms with Crippen molar-refractivity contribution >= 4 is 11.6 Å². The molecule has 0 radical (unpaired) electrons. The van der Waals surface area contributed by atoms with Crippen molar-refractivity contribution in [1.82, 2.24) is 4.90 Å². The van der Waals surface area contributed by atoms with Gasteiger partial charge >= 0.3 is 0 Å². The molecule has 27 heavy (non-hydrogen) atoms. The second-order valence-electron chi connectivity index (χ2n) is 7.17. The van der Waals surface area contributed by atoms with E-state index in [0.717, 1.165) is 69.3 Å². The lowest BCUT2D eigenvalue weighted by molar-refractivity contribution is -0.115. The van der Waals surface area contributed by atoms with Gasteiger partial charge in [-0.3, -0.25) is 9.69 Å². The molecule has 5 heteroatoms. The number of ether oxygens (including phenoxy) is 2. The number of nitrogens with zero attached hydrogens (tertiary/aromatic N) is 1. The smallest absolute Gasteiger partial charge is 0.228 e. The molecule has 0 unspecified atom stereocenters. The molecule has 1 amide bonds. The van der Waals surface area contributed by atoms with Crippen LogP contribution >= 0.6 is 0 Å². The van der Waals surface area contributed by atoms with Crippen LogP contribution in [0, 0.1) is 0 Å². The Morgan fingerprint density at radius 3 is 2.59 bits per heavy atom. The molecule has 0 atom stereocenters. The summed E-state index contributed by atoms with van der Waals surface area (Å²) in [6.07, 6.45) is 2.33. The molecule has 2 aliphatic heterocycles. The Balaban J connectivity index is 1.27. The fourth-order valence-electron chi connectivity index (χ4n) is 3.61. The molecule has 1 N–H and O–H groups in total. The van der Waals surface area contributed by atoms with Crippen molar-refractivity contribution in [1.29, 1.82) is 0 Å². The molecule has 4 rings (SSSR count). The molecule has 0 spiro atoms. The molecule has 2 aromatic carbocycles. The van der Waals surface area contributed by atoms with Crippen LogP contribution in [0.3, 0.4) is 0 Å². The molecule has 5 nitrogen and oxygen atoms in total. The van der Waals surface area contributed by atoms with Crippen LogP contribution in [-0.2, 0) is 28.8 Å². The first-order valence-electron chi connectivity index (χ1n) is 9.70. The summed E-state index contributed by atoms with van der Waals surface area (Å²) in [5, 5.41) is 2.99. The molecule has 142 valence electrons. The number of morpholine rings is 1. The van der Waals surface area contributed by atoms with Gasteiger partial charge in [-0.15, -0.1) is 0 Å². The van der Waals surface area contributed by atoms with Crippen LogP contribution in [0.1, 0.15) is 16.7 Å². The minimum Gasteiger partial charge on any atom is -0.493 e. The molecule has 2 heterocycles. The minimum atomic E-state index is 0.00920. The SMILES string of the molecule is O=C(Cc1ccc2c(c1)CCO2)Nc1ccc(CCN2CCOCC2)cc1. The van der Waals surface area contributed by atoms with Crippen molar-refractivity contribution in [2.75, 3.05) is 44.8 Å². The Morgan fingerprint density at radius 2 is 1.78 bits per heavy atom. The zero-order chi connectivity index (χ0) is 18.5. The predicted molar refractivity (Wildman–Crippen MR) is 105 cm³/mol. The van der Waals surface area contributed by atoms with Gasteiger partial charge in [0.15, 0.2) is 0 Å². The van der Waals surface area contributed by atoms with Crippen LogP contribution in [0.5, 0.6) is 5.75 Å². The van der Waals surface area contributed by atoms with E-state index in [4.69, 9.17) is 9.47 Å².